The maximum atomic E-state index is 10.9. The molecule has 2 rings (SSSR count). The Bertz CT molecular complexity index is 626. The van der Waals surface area contributed by atoms with Crippen LogP contribution in [-0.4, -0.2) is 29.3 Å². The van der Waals surface area contributed by atoms with Crippen molar-refractivity contribution in [1.82, 2.24) is 10.3 Å². The van der Waals surface area contributed by atoms with Crippen molar-refractivity contribution in [1.29, 1.82) is 0 Å². The van der Waals surface area contributed by atoms with Crippen LogP contribution in [0, 0.1) is 5.92 Å². The van der Waals surface area contributed by atoms with Crippen LogP contribution in [-0.2, 0) is 6.42 Å². The number of carbonyl (C=O) groups is 1. The molecular weight excluding hydrogens is 300 g/mol. The number of aromatic nitrogens is 1. The Morgan fingerprint density at radius 3 is 2.77 bits per heavy atom. The van der Waals surface area contributed by atoms with Crippen molar-refractivity contribution in [2.24, 2.45) is 5.92 Å². The van der Waals surface area contributed by atoms with E-state index in [0.29, 0.717) is 6.42 Å². The predicted molar refractivity (Wildman–Crippen MR) is 87.6 cm³/mol. The van der Waals surface area contributed by atoms with Gasteiger partial charge in [-0.25, -0.2) is 9.78 Å². The van der Waals surface area contributed by atoms with Crippen LogP contribution >= 0.6 is 11.3 Å². The summed E-state index contributed by atoms with van der Waals surface area (Å²) in [6.45, 7) is 4.01. The number of rotatable bonds is 6. The molecule has 2 aromatic rings. The molecule has 1 heterocycles. The van der Waals surface area contributed by atoms with Crippen LogP contribution in [0.1, 0.15) is 19.4 Å². The molecule has 5 nitrogen and oxygen atoms in total. The molecule has 0 saturated carbocycles. The van der Waals surface area contributed by atoms with Gasteiger partial charge >= 0.3 is 6.09 Å². The highest BCUT2D eigenvalue weighted by Crippen LogP contribution is 2.32. The lowest BCUT2D eigenvalue weighted by Crippen LogP contribution is -2.39. The number of nitrogens with zero attached hydrogens (tertiary/aromatic N) is 1. The summed E-state index contributed by atoms with van der Waals surface area (Å²) in [5, 5.41) is 14.4. The molecule has 1 atom stereocenters. The number of hydrogen-bond acceptors (Lipinski definition) is 4. The zero-order chi connectivity index (χ0) is 16.1. The summed E-state index contributed by atoms with van der Waals surface area (Å²) in [7, 11) is 1.63. The highest BCUT2D eigenvalue weighted by Gasteiger charge is 2.18. The lowest BCUT2D eigenvalue weighted by Gasteiger charge is -2.21. The minimum atomic E-state index is -0.993. The van der Waals surface area contributed by atoms with E-state index in [1.165, 1.54) is 0 Å². The van der Waals surface area contributed by atoms with Gasteiger partial charge in [0.05, 0.1) is 12.7 Å². The Morgan fingerprint density at radius 1 is 1.45 bits per heavy atom. The van der Waals surface area contributed by atoms with Crippen LogP contribution in [0.4, 0.5) is 4.79 Å². The van der Waals surface area contributed by atoms with Crippen molar-refractivity contribution in [3.63, 3.8) is 0 Å². The van der Waals surface area contributed by atoms with Gasteiger partial charge in [0.15, 0.2) is 0 Å². The fraction of sp³-hybridized carbons (Fsp3) is 0.375. The summed E-state index contributed by atoms with van der Waals surface area (Å²) in [6.07, 6.45) is 1.40. The monoisotopic (exact) mass is 320 g/mol. The molecule has 2 N–H and O–H groups in total. The maximum absolute atomic E-state index is 10.9. The van der Waals surface area contributed by atoms with Crippen LogP contribution < -0.4 is 10.1 Å². The number of ether oxygens (including phenoxy) is 1. The molecule has 0 spiro atoms. The zero-order valence-electron chi connectivity index (χ0n) is 12.9. The van der Waals surface area contributed by atoms with Crippen LogP contribution in [0.2, 0.25) is 0 Å². The first-order chi connectivity index (χ1) is 10.5. The van der Waals surface area contributed by atoms with E-state index in [0.717, 1.165) is 21.9 Å². The summed E-state index contributed by atoms with van der Waals surface area (Å²) in [4.78, 5) is 15.2. The maximum Gasteiger partial charge on any atom is 0.404 e. The summed E-state index contributed by atoms with van der Waals surface area (Å²) >= 11 is 1.55. The average molecular weight is 320 g/mol. The van der Waals surface area contributed by atoms with E-state index in [2.05, 4.69) is 10.3 Å². The minimum absolute atomic E-state index is 0.130. The fourth-order valence-corrected chi connectivity index (χ4v) is 2.93. The van der Waals surface area contributed by atoms with Gasteiger partial charge in [0.2, 0.25) is 0 Å². The zero-order valence-corrected chi connectivity index (χ0v) is 13.7. The highest BCUT2D eigenvalue weighted by atomic mass is 32.1. The number of nitrogens with one attached hydrogen (secondary N) is 1. The molecule has 1 amide bonds. The highest BCUT2D eigenvalue weighted by molar-refractivity contribution is 7.13. The van der Waals surface area contributed by atoms with Crippen molar-refractivity contribution in [2.45, 2.75) is 26.3 Å². The van der Waals surface area contributed by atoms with Gasteiger partial charge in [0.1, 0.15) is 10.8 Å². The number of methoxy groups -OCH3 is 1. The fourth-order valence-electron chi connectivity index (χ4n) is 2.27. The average Bonchev–Trinajstić information content (AvgIpc) is 3.00. The van der Waals surface area contributed by atoms with Crippen LogP contribution in [0.25, 0.3) is 10.6 Å². The van der Waals surface area contributed by atoms with Gasteiger partial charge in [-0.2, -0.15) is 0 Å². The van der Waals surface area contributed by atoms with Gasteiger partial charge in [0.25, 0.3) is 0 Å². The van der Waals surface area contributed by atoms with Gasteiger partial charge in [-0.1, -0.05) is 19.9 Å². The molecule has 1 aromatic carbocycles. The van der Waals surface area contributed by atoms with E-state index in [9.17, 15) is 4.79 Å². The second-order valence-electron chi connectivity index (χ2n) is 5.38. The molecule has 0 aliphatic rings. The van der Waals surface area contributed by atoms with Gasteiger partial charge in [-0.05, 0) is 30.0 Å². The summed E-state index contributed by atoms with van der Waals surface area (Å²) in [6, 6.07) is 5.77. The smallest absolute Gasteiger partial charge is 0.404 e. The molecule has 1 unspecified atom stereocenters. The molecule has 6 heteroatoms. The Balaban J connectivity index is 2.28. The number of carboxylic acid groups (broad SMARTS) is 1. The summed E-state index contributed by atoms with van der Waals surface area (Å²) in [5.74, 6) is 0.979. The number of thiazole rings is 1. The van der Waals surface area contributed by atoms with E-state index < -0.39 is 6.09 Å². The van der Waals surface area contributed by atoms with Crippen molar-refractivity contribution in [3.8, 4) is 16.3 Å². The van der Waals surface area contributed by atoms with Crippen LogP contribution in [0.15, 0.2) is 29.8 Å². The second-order valence-corrected chi connectivity index (χ2v) is 6.27. The molecular formula is C16H20N2O3S. The molecule has 0 fully saturated rings. The third-order valence-electron chi connectivity index (χ3n) is 3.50. The van der Waals surface area contributed by atoms with E-state index in [1.54, 1.807) is 24.6 Å². The SMILES string of the molecule is COc1ccc(CC(NC(=O)O)C(C)C)cc1-c1nccs1. The van der Waals surface area contributed by atoms with E-state index in [-0.39, 0.29) is 12.0 Å². The molecule has 0 aliphatic carbocycles. The van der Waals surface area contributed by atoms with E-state index >= 15 is 0 Å². The Kier molecular flexibility index (Phi) is 5.38. The number of amides is 1. The predicted octanol–water partition coefficient (Wildman–Crippen LogP) is 3.65. The Morgan fingerprint density at radius 2 is 2.23 bits per heavy atom. The molecule has 0 aliphatic heterocycles. The third-order valence-corrected chi connectivity index (χ3v) is 4.30. The van der Waals surface area contributed by atoms with Crippen molar-refractivity contribution < 1.29 is 14.6 Å². The standard InChI is InChI=1S/C16H20N2O3S/c1-10(2)13(18-16(19)20)9-11-4-5-14(21-3)12(8-11)15-17-6-7-22-15/h4-8,10,13,18H,9H2,1-3H3,(H,19,20). The van der Waals surface area contributed by atoms with Crippen molar-refractivity contribution in [3.05, 3.63) is 35.3 Å². The second kappa shape index (κ2) is 7.26. The molecule has 0 bridgehead atoms. The normalized spacial score (nSPS) is 12.2. The first-order valence-corrected chi connectivity index (χ1v) is 7.95. The third kappa shape index (κ3) is 3.98. The first kappa shape index (κ1) is 16.3. The van der Waals surface area contributed by atoms with E-state index in [4.69, 9.17) is 9.84 Å². The van der Waals surface area contributed by atoms with Gasteiger partial charge in [-0.3, -0.25) is 0 Å². The molecule has 22 heavy (non-hydrogen) atoms. The summed E-state index contributed by atoms with van der Waals surface area (Å²) < 4.78 is 5.40. The largest absolute Gasteiger partial charge is 0.496 e. The summed E-state index contributed by atoms with van der Waals surface area (Å²) in [5.41, 5.74) is 1.99. The van der Waals surface area contributed by atoms with Crippen LogP contribution in [0.3, 0.4) is 0 Å². The van der Waals surface area contributed by atoms with E-state index in [1.807, 2.05) is 37.4 Å². The van der Waals surface area contributed by atoms with Gasteiger partial charge < -0.3 is 15.2 Å². The first-order valence-electron chi connectivity index (χ1n) is 7.07. The quantitative estimate of drug-likeness (QED) is 0.852. The van der Waals surface area contributed by atoms with Crippen molar-refractivity contribution >= 4 is 17.4 Å². The lowest BCUT2D eigenvalue weighted by molar-refractivity contribution is 0.185. The molecule has 1 aromatic heterocycles. The molecule has 0 saturated heterocycles. The van der Waals surface area contributed by atoms with Gasteiger partial charge in [-0.15, -0.1) is 11.3 Å². The Hall–Kier alpha value is -2.08. The molecule has 118 valence electrons. The minimum Gasteiger partial charge on any atom is -0.496 e. The number of hydrogen-bond donors (Lipinski definition) is 2. The lowest BCUT2D eigenvalue weighted by atomic mass is 9.95. The Labute approximate surface area is 134 Å². The number of benzene rings is 1. The van der Waals surface area contributed by atoms with Crippen LogP contribution in [0.5, 0.6) is 5.75 Å². The van der Waals surface area contributed by atoms with Gasteiger partial charge in [0, 0.05) is 17.6 Å². The van der Waals surface area contributed by atoms with Crippen molar-refractivity contribution in [2.75, 3.05) is 7.11 Å². The molecule has 0 radical (unpaired) electrons. The topological polar surface area (TPSA) is 71.5 Å².